The summed E-state index contributed by atoms with van der Waals surface area (Å²) in [7, 11) is -1.77. The van der Waals surface area contributed by atoms with Gasteiger partial charge < -0.3 is 9.73 Å². The Kier molecular flexibility index (Phi) is 4.59. The molecule has 0 radical (unpaired) electrons. The van der Waals surface area contributed by atoms with Crippen molar-refractivity contribution in [2.75, 3.05) is 7.05 Å². The molecule has 108 valence electrons. The second kappa shape index (κ2) is 6.21. The molecular formula is C14H18N2O3S. The molecule has 0 fully saturated rings. The van der Waals surface area contributed by atoms with Gasteiger partial charge in [0.15, 0.2) is 0 Å². The third-order valence-corrected chi connectivity index (χ3v) is 4.36. The zero-order chi connectivity index (χ0) is 14.6. The smallest absolute Gasteiger partial charge is 0.241 e. The summed E-state index contributed by atoms with van der Waals surface area (Å²) in [5.41, 5.74) is 0.734. The van der Waals surface area contributed by atoms with Crippen LogP contribution in [-0.4, -0.2) is 15.5 Å². The predicted octanol–water partition coefficient (Wildman–Crippen LogP) is 1.79. The van der Waals surface area contributed by atoms with E-state index >= 15 is 0 Å². The Balaban J connectivity index is 2.18. The first kappa shape index (κ1) is 14.8. The van der Waals surface area contributed by atoms with Crippen molar-refractivity contribution >= 4 is 10.0 Å². The molecule has 2 aromatic rings. The predicted molar refractivity (Wildman–Crippen MR) is 76.7 cm³/mol. The quantitative estimate of drug-likeness (QED) is 0.852. The molecule has 0 saturated heterocycles. The molecule has 0 unspecified atom stereocenters. The molecule has 0 aliphatic carbocycles. The Morgan fingerprint density at radius 2 is 1.85 bits per heavy atom. The van der Waals surface area contributed by atoms with Crippen molar-refractivity contribution in [1.29, 1.82) is 0 Å². The lowest BCUT2D eigenvalue weighted by Gasteiger charge is -2.10. The summed E-state index contributed by atoms with van der Waals surface area (Å²) in [6, 6.07) is 10.5. The second-order valence-corrected chi connectivity index (χ2v) is 6.21. The van der Waals surface area contributed by atoms with Crippen LogP contribution in [-0.2, 0) is 23.1 Å². The fraction of sp³-hybridized carbons (Fsp3) is 0.286. The van der Waals surface area contributed by atoms with Gasteiger partial charge in [0.2, 0.25) is 10.0 Å². The third-order valence-electron chi connectivity index (χ3n) is 2.86. The van der Waals surface area contributed by atoms with Crippen molar-refractivity contribution in [3.05, 3.63) is 53.5 Å². The number of benzene rings is 1. The highest BCUT2D eigenvalue weighted by atomic mass is 32.2. The van der Waals surface area contributed by atoms with Crippen molar-refractivity contribution in [3.63, 3.8) is 0 Å². The summed E-state index contributed by atoms with van der Waals surface area (Å²) in [6.07, 6.45) is 0. The van der Waals surface area contributed by atoms with E-state index in [1.807, 2.05) is 13.0 Å². The summed E-state index contributed by atoms with van der Waals surface area (Å²) in [5.74, 6) is 1.35. The Morgan fingerprint density at radius 3 is 2.50 bits per heavy atom. The molecule has 2 N–H and O–H groups in total. The molecular weight excluding hydrogens is 276 g/mol. The molecule has 0 atom stereocenters. The van der Waals surface area contributed by atoms with E-state index in [4.69, 9.17) is 4.42 Å². The van der Waals surface area contributed by atoms with Crippen molar-refractivity contribution in [2.45, 2.75) is 24.9 Å². The van der Waals surface area contributed by atoms with Crippen LogP contribution in [0.15, 0.2) is 45.7 Å². The van der Waals surface area contributed by atoms with Gasteiger partial charge in [0.05, 0.1) is 11.4 Å². The monoisotopic (exact) mass is 294 g/mol. The van der Waals surface area contributed by atoms with Gasteiger partial charge in [-0.1, -0.05) is 18.2 Å². The van der Waals surface area contributed by atoms with Gasteiger partial charge in [0, 0.05) is 6.54 Å². The summed E-state index contributed by atoms with van der Waals surface area (Å²) < 4.78 is 32.6. The molecule has 0 aliphatic heterocycles. The van der Waals surface area contributed by atoms with Crippen molar-refractivity contribution in [2.24, 2.45) is 0 Å². The Bertz CT molecular complexity index is 677. The summed E-state index contributed by atoms with van der Waals surface area (Å²) in [6.45, 7) is 2.46. The number of furan rings is 1. The maximum absolute atomic E-state index is 12.3. The minimum absolute atomic E-state index is 0.143. The van der Waals surface area contributed by atoms with Gasteiger partial charge in [-0.05, 0) is 37.7 Å². The van der Waals surface area contributed by atoms with Gasteiger partial charge in [-0.3, -0.25) is 0 Å². The molecule has 0 aliphatic rings. The molecule has 1 aromatic carbocycles. The average molecular weight is 294 g/mol. The molecule has 5 nitrogen and oxygen atoms in total. The third kappa shape index (κ3) is 3.47. The minimum Gasteiger partial charge on any atom is -0.465 e. The van der Waals surface area contributed by atoms with Crippen LogP contribution in [0, 0.1) is 6.92 Å². The van der Waals surface area contributed by atoms with Gasteiger partial charge in [-0.15, -0.1) is 0 Å². The van der Waals surface area contributed by atoms with Crippen LogP contribution in [0.2, 0.25) is 0 Å². The molecule has 1 aromatic heterocycles. The van der Waals surface area contributed by atoms with Crippen molar-refractivity contribution < 1.29 is 12.8 Å². The lowest BCUT2D eigenvalue weighted by Crippen LogP contribution is -2.25. The molecule has 0 spiro atoms. The van der Waals surface area contributed by atoms with E-state index in [1.54, 1.807) is 37.4 Å². The Hall–Kier alpha value is -1.63. The normalized spacial score (nSPS) is 11.7. The summed E-state index contributed by atoms with van der Waals surface area (Å²) >= 11 is 0. The minimum atomic E-state index is -3.55. The fourth-order valence-electron chi connectivity index (χ4n) is 1.93. The molecule has 2 rings (SSSR count). The van der Waals surface area contributed by atoms with Crippen LogP contribution in [0.5, 0.6) is 0 Å². The van der Waals surface area contributed by atoms with Crippen LogP contribution in [0.1, 0.15) is 17.1 Å². The molecule has 20 heavy (non-hydrogen) atoms. The van der Waals surface area contributed by atoms with Gasteiger partial charge in [0.25, 0.3) is 0 Å². The Labute approximate surface area is 119 Å². The highest BCUT2D eigenvalue weighted by molar-refractivity contribution is 7.89. The topological polar surface area (TPSA) is 71.3 Å². The van der Waals surface area contributed by atoms with E-state index in [-0.39, 0.29) is 11.4 Å². The first-order valence-electron chi connectivity index (χ1n) is 6.30. The highest BCUT2D eigenvalue weighted by Gasteiger charge is 2.17. The zero-order valence-corrected chi connectivity index (χ0v) is 12.3. The van der Waals surface area contributed by atoms with E-state index in [9.17, 15) is 8.42 Å². The van der Waals surface area contributed by atoms with Crippen molar-refractivity contribution in [1.82, 2.24) is 10.0 Å². The van der Waals surface area contributed by atoms with E-state index in [2.05, 4.69) is 10.0 Å². The maximum atomic E-state index is 12.3. The number of nitrogens with one attached hydrogen (secondary N) is 2. The number of hydrogen-bond donors (Lipinski definition) is 2. The van der Waals surface area contributed by atoms with E-state index in [0.717, 1.165) is 11.3 Å². The second-order valence-electron chi connectivity index (χ2n) is 4.47. The van der Waals surface area contributed by atoms with Gasteiger partial charge in [-0.2, -0.15) is 0 Å². The summed E-state index contributed by atoms with van der Waals surface area (Å²) in [5, 5.41) is 2.96. The van der Waals surface area contributed by atoms with Crippen LogP contribution in [0.3, 0.4) is 0 Å². The molecule has 6 heteroatoms. The standard InChI is InChI=1S/C14H18N2O3S/c1-11-7-8-13(19-11)10-16-20(17,18)14-6-4-3-5-12(14)9-15-2/h3-8,15-16H,9-10H2,1-2H3. The van der Waals surface area contributed by atoms with Crippen molar-refractivity contribution in [3.8, 4) is 0 Å². The van der Waals surface area contributed by atoms with Gasteiger partial charge in [-0.25, -0.2) is 13.1 Å². The van der Waals surface area contributed by atoms with Crippen LogP contribution < -0.4 is 10.0 Å². The van der Waals surface area contributed by atoms with Crippen LogP contribution >= 0.6 is 0 Å². The fourth-order valence-corrected chi connectivity index (χ4v) is 3.16. The maximum Gasteiger partial charge on any atom is 0.241 e. The van der Waals surface area contributed by atoms with E-state index < -0.39 is 10.0 Å². The molecule has 0 amide bonds. The highest BCUT2D eigenvalue weighted by Crippen LogP contribution is 2.16. The van der Waals surface area contributed by atoms with E-state index in [0.29, 0.717) is 12.3 Å². The van der Waals surface area contributed by atoms with E-state index in [1.165, 1.54) is 0 Å². The number of rotatable bonds is 6. The SMILES string of the molecule is CNCc1ccccc1S(=O)(=O)NCc1ccc(C)o1. The zero-order valence-electron chi connectivity index (χ0n) is 11.5. The average Bonchev–Trinajstić information content (AvgIpc) is 2.83. The van der Waals surface area contributed by atoms with Gasteiger partial charge >= 0.3 is 0 Å². The van der Waals surface area contributed by atoms with Crippen LogP contribution in [0.25, 0.3) is 0 Å². The van der Waals surface area contributed by atoms with Gasteiger partial charge in [0.1, 0.15) is 11.5 Å². The first-order valence-corrected chi connectivity index (χ1v) is 7.79. The first-order chi connectivity index (χ1) is 9.53. The molecule has 0 saturated carbocycles. The Morgan fingerprint density at radius 1 is 1.10 bits per heavy atom. The van der Waals surface area contributed by atoms with Crippen LogP contribution in [0.4, 0.5) is 0 Å². The molecule has 1 heterocycles. The number of aryl methyl sites for hydroxylation is 1. The number of hydrogen-bond acceptors (Lipinski definition) is 4. The lowest BCUT2D eigenvalue weighted by molar-refractivity contribution is 0.475. The summed E-state index contributed by atoms with van der Waals surface area (Å²) in [4.78, 5) is 0.289. The number of sulfonamides is 1. The lowest BCUT2D eigenvalue weighted by atomic mass is 10.2. The largest absolute Gasteiger partial charge is 0.465 e. The molecule has 0 bridgehead atoms.